The Morgan fingerprint density at radius 3 is 2.33 bits per heavy atom. The van der Waals surface area contributed by atoms with Crippen LogP contribution < -0.4 is 4.74 Å². The van der Waals surface area contributed by atoms with Gasteiger partial charge in [0.25, 0.3) is 0 Å². The molecule has 36 heavy (non-hydrogen) atoms. The van der Waals surface area contributed by atoms with Gasteiger partial charge in [-0.05, 0) is 95.2 Å². The van der Waals surface area contributed by atoms with Gasteiger partial charge in [-0.1, -0.05) is 33.8 Å². The molecule has 2 heterocycles. The van der Waals surface area contributed by atoms with Crippen molar-refractivity contribution >= 4 is 0 Å². The summed E-state index contributed by atoms with van der Waals surface area (Å²) in [6.45, 7) is 21.9. The Morgan fingerprint density at radius 2 is 1.78 bits per heavy atom. The molecule has 0 radical (unpaired) electrons. The smallest absolute Gasteiger partial charge is 0.166 e. The van der Waals surface area contributed by atoms with Gasteiger partial charge >= 0.3 is 0 Å². The molecule has 2 N–H and O–H groups in total. The van der Waals surface area contributed by atoms with E-state index in [0.29, 0.717) is 11.8 Å². The van der Waals surface area contributed by atoms with Crippen LogP contribution in [-0.2, 0) is 10.2 Å². The standard InChI is InChI=1S/C31H49NO4/c1-19-11-14-22(33)25-24(19)31-15-16-32(18-21-12-13-21)20(2)27(31,6)17-23(28(7,34)26(3,4)5)29(8,35-10)30(31,9)36-25/h11,14,20-21,23,33-34H,12-13,15-18H2,1-10H3/t20-,23-,27-,28?,29-,30-,31-/m1/s1. The van der Waals surface area contributed by atoms with Crippen LogP contribution in [0, 0.1) is 29.6 Å². The molecule has 1 saturated heterocycles. The average Bonchev–Trinajstić information content (AvgIpc) is 3.56. The Bertz CT molecular complexity index is 1060. The highest BCUT2D eigenvalue weighted by atomic mass is 16.6. The van der Waals surface area contributed by atoms with Gasteiger partial charge in [0.15, 0.2) is 11.5 Å². The average molecular weight is 500 g/mol. The fraction of sp³-hybridized carbons (Fsp3) is 0.806. The van der Waals surface area contributed by atoms with E-state index in [4.69, 9.17) is 9.47 Å². The number of piperidine rings is 1. The maximum Gasteiger partial charge on any atom is 0.166 e. The molecule has 1 aromatic rings. The number of aliphatic hydroxyl groups is 1. The van der Waals surface area contributed by atoms with E-state index < -0.39 is 16.8 Å². The number of benzene rings is 1. The van der Waals surface area contributed by atoms with Crippen LogP contribution in [-0.4, -0.2) is 58.2 Å². The predicted octanol–water partition coefficient (Wildman–Crippen LogP) is 5.82. The van der Waals surface area contributed by atoms with E-state index in [1.54, 1.807) is 13.2 Å². The lowest BCUT2D eigenvalue weighted by Crippen LogP contribution is -2.82. The summed E-state index contributed by atoms with van der Waals surface area (Å²) in [5.74, 6) is 1.45. The highest BCUT2D eigenvalue weighted by molar-refractivity contribution is 5.62. The molecule has 0 bridgehead atoms. The van der Waals surface area contributed by atoms with Crippen molar-refractivity contribution in [1.29, 1.82) is 0 Å². The number of likely N-dealkylation sites (tertiary alicyclic amines) is 1. The normalized spacial score (nSPS) is 42.2. The van der Waals surface area contributed by atoms with Gasteiger partial charge < -0.3 is 19.7 Å². The second kappa shape index (κ2) is 7.64. The number of ether oxygens (including phenoxy) is 2. The third kappa shape index (κ3) is 2.94. The van der Waals surface area contributed by atoms with Crippen LogP contribution in [0.1, 0.15) is 92.2 Å². The minimum atomic E-state index is -1.01. The molecular weight excluding hydrogens is 450 g/mol. The van der Waals surface area contributed by atoms with Gasteiger partial charge in [0.05, 0.1) is 5.60 Å². The van der Waals surface area contributed by atoms with Crippen LogP contribution in [0.3, 0.4) is 0 Å². The molecule has 1 spiro atoms. The molecule has 2 saturated carbocycles. The van der Waals surface area contributed by atoms with Crippen molar-refractivity contribution in [3.05, 3.63) is 23.3 Å². The number of hydrogen-bond donors (Lipinski definition) is 2. The van der Waals surface area contributed by atoms with Gasteiger partial charge in [-0.15, -0.1) is 0 Å². The molecule has 4 aliphatic rings. The Balaban J connectivity index is 1.80. The summed E-state index contributed by atoms with van der Waals surface area (Å²) in [4.78, 5) is 2.71. The summed E-state index contributed by atoms with van der Waals surface area (Å²) in [6, 6.07) is 4.10. The molecule has 5 nitrogen and oxygen atoms in total. The van der Waals surface area contributed by atoms with Gasteiger partial charge in [0.1, 0.15) is 11.2 Å². The number of nitrogens with zero attached hydrogens (tertiary/aromatic N) is 1. The second-order valence-electron chi connectivity index (χ2n) is 14.4. The van der Waals surface area contributed by atoms with Crippen LogP contribution >= 0.6 is 0 Å². The van der Waals surface area contributed by atoms with Crippen molar-refractivity contribution in [2.45, 2.75) is 116 Å². The zero-order chi connectivity index (χ0) is 26.7. The molecule has 0 amide bonds. The van der Waals surface area contributed by atoms with Crippen molar-refractivity contribution < 1.29 is 19.7 Å². The number of aryl methyl sites for hydroxylation is 1. The van der Waals surface area contributed by atoms with Gasteiger partial charge in [-0.3, -0.25) is 4.90 Å². The molecule has 1 unspecified atom stereocenters. The van der Waals surface area contributed by atoms with Crippen LogP contribution in [0.4, 0.5) is 0 Å². The minimum absolute atomic E-state index is 0.182. The number of phenolic OH excluding ortho intramolecular Hbond substituents is 1. The number of phenols is 1. The number of methoxy groups -OCH3 is 1. The largest absolute Gasteiger partial charge is 0.504 e. The molecule has 3 fully saturated rings. The van der Waals surface area contributed by atoms with E-state index >= 15 is 0 Å². The van der Waals surface area contributed by atoms with Crippen LogP contribution in [0.2, 0.25) is 0 Å². The quantitative estimate of drug-likeness (QED) is 0.546. The maximum absolute atomic E-state index is 12.3. The lowest BCUT2D eigenvalue weighted by Gasteiger charge is -2.72. The third-order valence-corrected chi connectivity index (χ3v) is 12.2. The van der Waals surface area contributed by atoms with E-state index in [2.05, 4.69) is 60.3 Å². The number of hydrogen-bond acceptors (Lipinski definition) is 5. The molecule has 0 aromatic heterocycles. The Hall–Kier alpha value is -1.30. The Kier molecular flexibility index (Phi) is 5.58. The first kappa shape index (κ1) is 26.3. The fourth-order valence-electron chi connectivity index (χ4n) is 8.87. The third-order valence-electron chi connectivity index (χ3n) is 12.2. The van der Waals surface area contributed by atoms with Gasteiger partial charge in [-0.2, -0.15) is 0 Å². The summed E-state index contributed by atoms with van der Waals surface area (Å²) in [5, 5.41) is 23.4. The molecule has 1 aromatic carbocycles. The van der Waals surface area contributed by atoms with Crippen molar-refractivity contribution in [3.63, 3.8) is 0 Å². The summed E-state index contributed by atoms with van der Waals surface area (Å²) in [7, 11) is 1.78. The summed E-state index contributed by atoms with van der Waals surface area (Å²) in [6.07, 6.45) is 4.44. The van der Waals surface area contributed by atoms with E-state index in [0.717, 1.165) is 37.4 Å². The highest BCUT2D eigenvalue weighted by Gasteiger charge is 2.81. The Labute approximate surface area is 218 Å². The highest BCUT2D eigenvalue weighted by Crippen LogP contribution is 2.75. The maximum atomic E-state index is 12.3. The van der Waals surface area contributed by atoms with Crippen molar-refractivity contribution in [2.75, 3.05) is 20.2 Å². The second-order valence-corrected chi connectivity index (χ2v) is 14.4. The van der Waals surface area contributed by atoms with Crippen LogP contribution in [0.15, 0.2) is 12.1 Å². The van der Waals surface area contributed by atoms with E-state index in [-0.39, 0.29) is 27.9 Å². The first-order chi connectivity index (χ1) is 16.5. The van der Waals surface area contributed by atoms with Crippen molar-refractivity contribution in [3.8, 4) is 11.5 Å². The van der Waals surface area contributed by atoms with Gasteiger partial charge in [-0.25, -0.2) is 0 Å². The van der Waals surface area contributed by atoms with Crippen LogP contribution in [0.5, 0.6) is 11.5 Å². The number of rotatable bonds is 4. The monoisotopic (exact) mass is 499 g/mol. The van der Waals surface area contributed by atoms with E-state index in [1.165, 1.54) is 18.4 Å². The lowest BCUT2D eigenvalue weighted by atomic mass is 9.37. The topological polar surface area (TPSA) is 62.2 Å². The minimum Gasteiger partial charge on any atom is -0.504 e. The predicted molar refractivity (Wildman–Crippen MR) is 144 cm³/mol. The lowest BCUT2D eigenvalue weighted by molar-refractivity contribution is -0.302. The fourth-order valence-corrected chi connectivity index (χ4v) is 8.87. The molecule has 2 aliphatic carbocycles. The zero-order valence-corrected chi connectivity index (χ0v) is 24.3. The molecule has 2 aliphatic heterocycles. The van der Waals surface area contributed by atoms with E-state index in [9.17, 15) is 10.2 Å². The molecule has 5 rings (SSSR count). The van der Waals surface area contributed by atoms with Crippen molar-refractivity contribution in [1.82, 2.24) is 4.90 Å². The molecule has 202 valence electrons. The molecule has 7 atom stereocenters. The van der Waals surface area contributed by atoms with E-state index in [1.807, 2.05) is 13.0 Å². The summed E-state index contributed by atoms with van der Waals surface area (Å²) in [5.41, 5.74) is -1.21. The zero-order valence-electron chi connectivity index (χ0n) is 24.3. The molecular formula is C31H49NO4. The number of fused-ring (bicyclic) bond motifs is 1. The van der Waals surface area contributed by atoms with Gasteiger partial charge in [0.2, 0.25) is 0 Å². The van der Waals surface area contributed by atoms with Gasteiger partial charge in [0, 0.05) is 36.6 Å². The van der Waals surface area contributed by atoms with Crippen molar-refractivity contribution in [2.24, 2.45) is 22.7 Å². The summed E-state index contributed by atoms with van der Waals surface area (Å²) >= 11 is 0. The Morgan fingerprint density at radius 1 is 1.14 bits per heavy atom. The summed E-state index contributed by atoms with van der Waals surface area (Å²) < 4.78 is 13.6. The number of aromatic hydroxyl groups is 1. The first-order valence-corrected chi connectivity index (χ1v) is 14.1. The SMILES string of the molecule is CO[C@]1(C)[C@@H](C(C)(O)C(C)(C)C)C[C@]2(C)[C@@H](C)N(CC3CC3)CC[C@@]23c2c(C)ccc(O)c2O[C@@]31C. The van der Waals surface area contributed by atoms with Crippen LogP contribution in [0.25, 0.3) is 0 Å². The molecule has 5 heteroatoms. The first-order valence-electron chi connectivity index (χ1n) is 14.1.